The van der Waals surface area contributed by atoms with Crippen molar-refractivity contribution < 1.29 is 0 Å². The summed E-state index contributed by atoms with van der Waals surface area (Å²) in [4.78, 5) is 0. The molecule has 0 aromatic heterocycles. The molecule has 2 nitrogen and oxygen atoms in total. The predicted molar refractivity (Wildman–Crippen MR) is 87.2 cm³/mol. The molecule has 2 aromatic rings. The zero-order valence-corrected chi connectivity index (χ0v) is 12.3. The van der Waals surface area contributed by atoms with Gasteiger partial charge in [-0.1, -0.05) is 62.6 Å². The van der Waals surface area contributed by atoms with Gasteiger partial charge >= 0.3 is 0 Å². The molecule has 0 saturated carbocycles. The topological polar surface area (TPSA) is 15.3 Å². The second kappa shape index (κ2) is 8.39. The fourth-order valence-electron chi connectivity index (χ4n) is 2.23. The van der Waals surface area contributed by atoms with Gasteiger partial charge in [0.05, 0.1) is 11.4 Å². The van der Waals surface area contributed by atoms with Gasteiger partial charge in [-0.25, -0.2) is 5.43 Å². The highest BCUT2D eigenvalue weighted by Gasteiger charge is 2.07. The van der Waals surface area contributed by atoms with Crippen molar-refractivity contribution in [1.82, 2.24) is 5.43 Å². The van der Waals surface area contributed by atoms with Crippen LogP contribution in [-0.2, 0) is 0 Å². The molecule has 0 spiro atoms. The molecule has 20 heavy (non-hydrogen) atoms. The summed E-state index contributed by atoms with van der Waals surface area (Å²) in [5.74, 6) is 0. The number of hydrogen-bond acceptors (Lipinski definition) is 2. The maximum atomic E-state index is 3.54. The molecule has 2 heteroatoms. The smallest absolute Gasteiger partial charge is 0.0577 e. The van der Waals surface area contributed by atoms with Gasteiger partial charge in [0.1, 0.15) is 0 Å². The summed E-state index contributed by atoms with van der Waals surface area (Å²) < 4.78 is 0. The van der Waals surface area contributed by atoms with Crippen LogP contribution in [0.25, 0.3) is 0 Å². The lowest BCUT2D eigenvalue weighted by atomic mass is 10.2. The monoisotopic (exact) mass is 268 g/mol. The molecule has 0 atom stereocenters. The fourth-order valence-corrected chi connectivity index (χ4v) is 2.23. The number of unbranched alkanes of at least 4 members (excludes halogenated alkanes) is 3. The molecule has 2 rings (SSSR count). The van der Waals surface area contributed by atoms with E-state index in [2.05, 4.69) is 65.9 Å². The minimum absolute atomic E-state index is 1.00. The van der Waals surface area contributed by atoms with Crippen LogP contribution in [0.2, 0.25) is 0 Å². The third kappa shape index (κ3) is 4.39. The Bertz CT molecular complexity index is 428. The summed E-state index contributed by atoms with van der Waals surface area (Å²) in [7, 11) is 0. The lowest BCUT2D eigenvalue weighted by molar-refractivity contribution is 0.604. The van der Waals surface area contributed by atoms with Crippen molar-refractivity contribution in [2.45, 2.75) is 32.6 Å². The minimum Gasteiger partial charge on any atom is -0.277 e. The van der Waals surface area contributed by atoms with Gasteiger partial charge in [0, 0.05) is 6.54 Å². The molecule has 0 saturated heterocycles. The molecule has 0 aliphatic carbocycles. The van der Waals surface area contributed by atoms with Crippen LogP contribution in [0.3, 0.4) is 0 Å². The van der Waals surface area contributed by atoms with Crippen LogP contribution in [0.4, 0.5) is 11.4 Å². The number of para-hydroxylation sites is 2. The Morgan fingerprint density at radius 1 is 0.750 bits per heavy atom. The van der Waals surface area contributed by atoms with Gasteiger partial charge < -0.3 is 0 Å². The Morgan fingerprint density at radius 3 is 1.80 bits per heavy atom. The van der Waals surface area contributed by atoms with Crippen LogP contribution in [0.15, 0.2) is 60.7 Å². The zero-order valence-electron chi connectivity index (χ0n) is 12.3. The lowest BCUT2D eigenvalue weighted by Gasteiger charge is -2.25. The van der Waals surface area contributed by atoms with E-state index < -0.39 is 0 Å². The molecular formula is C18H24N2. The first kappa shape index (κ1) is 14.6. The number of benzene rings is 2. The van der Waals surface area contributed by atoms with Crippen LogP contribution < -0.4 is 10.4 Å². The molecule has 0 aliphatic heterocycles. The van der Waals surface area contributed by atoms with E-state index >= 15 is 0 Å². The molecule has 0 fully saturated rings. The highest BCUT2D eigenvalue weighted by atomic mass is 15.5. The Morgan fingerprint density at radius 2 is 1.30 bits per heavy atom. The fraction of sp³-hybridized carbons (Fsp3) is 0.333. The molecule has 2 aromatic carbocycles. The van der Waals surface area contributed by atoms with Crippen molar-refractivity contribution in [3.05, 3.63) is 60.7 Å². The summed E-state index contributed by atoms with van der Waals surface area (Å²) in [6.45, 7) is 3.25. The third-order valence-corrected chi connectivity index (χ3v) is 3.33. The van der Waals surface area contributed by atoms with Crippen molar-refractivity contribution in [3.8, 4) is 0 Å². The molecular weight excluding hydrogens is 244 g/mol. The standard InChI is InChI=1S/C18H24N2/c1-2-3-4-11-16-19-20(17-12-7-5-8-13-17)18-14-9-6-10-15-18/h5-10,12-15,19H,2-4,11,16H2,1H3. The van der Waals surface area contributed by atoms with Gasteiger partial charge in [0.2, 0.25) is 0 Å². The highest BCUT2D eigenvalue weighted by molar-refractivity contribution is 5.61. The first-order valence-corrected chi connectivity index (χ1v) is 7.55. The molecule has 0 heterocycles. The molecule has 0 radical (unpaired) electrons. The summed E-state index contributed by atoms with van der Waals surface area (Å²) in [6.07, 6.45) is 5.10. The van der Waals surface area contributed by atoms with Crippen molar-refractivity contribution in [1.29, 1.82) is 0 Å². The van der Waals surface area contributed by atoms with Crippen molar-refractivity contribution in [2.75, 3.05) is 11.6 Å². The Hall–Kier alpha value is -1.80. The van der Waals surface area contributed by atoms with E-state index in [1.807, 2.05) is 12.1 Å². The van der Waals surface area contributed by atoms with Gasteiger partial charge in [-0.05, 0) is 30.7 Å². The number of nitrogens with zero attached hydrogens (tertiary/aromatic N) is 1. The second-order valence-electron chi connectivity index (χ2n) is 4.98. The van der Waals surface area contributed by atoms with Gasteiger partial charge in [0.25, 0.3) is 0 Å². The van der Waals surface area contributed by atoms with E-state index in [-0.39, 0.29) is 0 Å². The van der Waals surface area contributed by atoms with Crippen LogP contribution in [-0.4, -0.2) is 6.54 Å². The minimum atomic E-state index is 1.00. The largest absolute Gasteiger partial charge is 0.277 e. The number of anilines is 2. The lowest BCUT2D eigenvalue weighted by Crippen LogP contribution is -2.34. The van der Waals surface area contributed by atoms with Crippen LogP contribution in [0.1, 0.15) is 32.6 Å². The van der Waals surface area contributed by atoms with Crippen molar-refractivity contribution in [3.63, 3.8) is 0 Å². The molecule has 0 aliphatic rings. The Kier molecular flexibility index (Phi) is 6.12. The Labute approximate surface area is 122 Å². The SMILES string of the molecule is CCCCCCNN(c1ccccc1)c1ccccc1. The normalized spacial score (nSPS) is 10.4. The Balaban J connectivity index is 2.02. The van der Waals surface area contributed by atoms with E-state index in [1.165, 1.54) is 37.1 Å². The first-order valence-electron chi connectivity index (χ1n) is 7.55. The molecule has 1 N–H and O–H groups in total. The molecule has 0 unspecified atom stereocenters. The highest BCUT2D eigenvalue weighted by Crippen LogP contribution is 2.22. The van der Waals surface area contributed by atoms with E-state index in [0.717, 1.165) is 6.54 Å². The number of hydrogen-bond donors (Lipinski definition) is 1. The molecule has 0 amide bonds. The number of rotatable bonds is 8. The van der Waals surface area contributed by atoms with Crippen LogP contribution >= 0.6 is 0 Å². The maximum Gasteiger partial charge on any atom is 0.0577 e. The summed E-state index contributed by atoms with van der Waals surface area (Å²) in [6, 6.07) is 20.9. The summed E-state index contributed by atoms with van der Waals surface area (Å²) >= 11 is 0. The predicted octanol–water partition coefficient (Wildman–Crippen LogP) is 4.91. The third-order valence-electron chi connectivity index (χ3n) is 3.33. The number of hydrazine groups is 1. The van der Waals surface area contributed by atoms with Crippen molar-refractivity contribution >= 4 is 11.4 Å². The summed E-state index contributed by atoms with van der Waals surface area (Å²) in [5, 5.41) is 2.17. The van der Waals surface area contributed by atoms with Gasteiger partial charge in [-0.2, -0.15) is 0 Å². The van der Waals surface area contributed by atoms with Crippen LogP contribution in [0, 0.1) is 0 Å². The van der Waals surface area contributed by atoms with E-state index in [0.29, 0.717) is 0 Å². The molecule has 0 bridgehead atoms. The van der Waals surface area contributed by atoms with Crippen LogP contribution in [0.5, 0.6) is 0 Å². The second-order valence-corrected chi connectivity index (χ2v) is 4.98. The average Bonchev–Trinajstić information content (AvgIpc) is 2.53. The molecule has 106 valence electrons. The van der Waals surface area contributed by atoms with Crippen molar-refractivity contribution in [2.24, 2.45) is 0 Å². The first-order chi connectivity index (χ1) is 9.92. The summed E-state index contributed by atoms with van der Waals surface area (Å²) in [5.41, 5.74) is 5.89. The van der Waals surface area contributed by atoms with E-state index in [1.54, 1.807) is 0 Å². The maximum absolute atomic E-state index is 3.54. The van der Waals surface area contributed by atoms with E-state index in [9.17, 15) is 0 Å². The van der Waals surface area contributed by atoms with Gasteiger partial charge in [-0.15, -0.1) is 0 Å². The quantitative estimate of drug-likeness (QED) is 0.540. The van der Waals surface area contributed by atoms with E-state index in [4.69, 9.17) is 0 Å². The van der Waals surface area contributed by atoms with Gasteiger partial charge in [0.15, 0.2) is 0 Å². The average molecular weight is 268 g/mol. The number of nitrogens with one attached hydrogen (secondary N) is 1. The zero-order chi connectivity index (χ0) is 14.0. The van der Waals surface area contributed by atoms with Gasteiger partial charge in [-0.3, -0.25) is 5.01 Å².